The minimum absolute atomic E-state index is 0.0348. The van der Waals surface area contributed by atoms with Gasteiger partial charge in [0.1, 0.15) is 12.4 Å². The Labute approximate surface area is 103 Å². The summed E-state index contributed by atoms with van der Waals surface area (Å²) in [6.07, 6.45) is 0. The first kappa shape index (κ1) is 13.7. The largest absolute Gasteiger partial charge is 0.489 e. The van der Waals surface area contributed by atoms with Gasteiger partial charge in [-0.15, -0.1) is 0 Å². The van der Waals surface area contributed by atoms with E-state index >= 15 is 0 Å². The van der Waals surface area contributed by atoms with Crippen molar-refractivity contribution in [2.24, 2.45) is 0 Å². The van der Waals surface area contributed by atoms with Crippen LogP contribution < -0.4 is 10.1 Å². The molecule has 2 N–H and O–H groups in total. The molecule has 0 saturated heterocycles. The van der Waals surface area contributed by atoms with Crippen molar-refractivity contribution in [3.05, 3.63) is 42.0 Å². The number of aliphatic hydroxyl groups is 1. The summed E-state index contributed by atoms with van der Waals surface area (Å²) >= 11 is 0. The normalized spacial score (nSPS) is 10.6. The van der Waals surface area contributed by atoms with Gasteiger partial charge < -0.3 is 15.2 Å². The highest BCUT2D eigenvalue weighted by atomic mass is 16.5. The molecule has 0 spiro atoms. The molecule has 0 aliphatic carbocycles. The molecule has 0 bridgehead atoms. The molecule has 0 aromatic heterocycles. The van der Waals surface area contributed by atoms with Gasteiger partial charge in [0.05, 0.1) is 6.61 Å². The first-order valence-corrected chi connectivity index (χ1v) is 5.84. The van der Waals surface area contributed by atoms with Gasteiger partial charge in [0, 0.05) is 12.6 Å². The molecule has 0 fully saturated rings. The zero-order valence-corrected chi connectivity index (χ0v) is 10.6. The minimum atomic E-state index is 0.0348. The van der Waals surface area contributed by atoms with Gasteiger partial charge in [-0.2, -0.15) is 0 Å². The fraction of sp³-hybridized carbons (Fsp3) is 0.429. The predicted octanol–water partition coefficient (Wildman–Crippen LogP) is 2.11. The summed E-state index contributed by atoms with van der Waals surface area (Å²) in [7, 11) is 0. The fourth-order valence-electron chi connectivity index (χ4n) is 1.32. The third-order valence-electron chi connectivity index (χ3n) is 2.28. The van der Waals surface area contributed by atoms with Crippen LogP contribution in [-0.2, 0) is 6.61 Å². The molecule has 0 radical (unpaired) electrons. The van der Waals surface area contributed by atoms with Gasteiger partial charge in [-0.3, -0.25) is 0 Å². The van der Waals surface area contributed by atoms with E-state index in [2.05, 4.69) is 25.7 Å². The van der Waals surface area contributed by atoms with Crippen LogP contribution in [0.1, 0.15) is 19.4 Å². The number of aliphatic hydroxyl groups excluding tert-OH is 1. The van der Waals surface area contributed by atoms with Crippen LogP contribution in [0, 0.1) is 0 Å². The Balaban J connectivity index is 2.36. The fourth-order valence-corrected chi connectivity index (χ4v) is 1.32. The molecule has 1 aromatic carbocycles. The quantitative estimate of drug-likeness (QED) is 0.711. The molecule has 0 amide bonds. The van der Waals surface area contributed by atoms with Gasteiger partial charge in [0.2, 0.25) is 0 Å². The maximum absolute atomic E-state index is 9.00. The molecule has 1 rings (SSSR count). The Morgan fingerprint density at radius 3 is 2.88 bits per heavy atom. The molecule has 0 unspecified atom stereocenters. The van der Waals surface area contributed by atoms with Crippen LogP contribution in [0.3, 0.4) is 0 Å². The van der Waals surface area contributed by atoms with Gasteiger partial charge in [0.15, 0.2) is 0 Å². The number of benzene rings is 1. The smallest absolute Gasteiger partial charge is 0.120 e. The zero-order chi connectivity index (χ0) is 12.7. The number of hydrogen-bond acceptors (Lipinski definition) is 3. The molecule has 0 heterocycles. The topological polar surface area (TPSA) is 41.5 Å². The third-order valence-corrected chi connectivity index (χ3v) is 2.28. The highest BCUT2D eigenvalue weighted by molar-refractivity contribution is 5.28. The Morgan fingerprint density at radius 1 is 1.47 bits per heavy atom. The van der Waals surface area contributed by atoms with Gasteiger partial charge >= 0.3 is 0 Å². The monoisotopic (exact) mass is 235 g/mol. The minimum Gasteiger partial charge on any atom is -0.489 e. The molecular formula is C14H21NO2. The lowest BCUT2D eigenvalue weighted by molar-refractivity contribution is 0.280. The van der Waals surface area contributed by atoms with Crippen LogP contribution >= 0.6 is 0 Å². The van der Waals surface area contributed by atoms with Crippen molar-refractivity contribution in [1.29, 1.82) is 0 Å². The molecule has 1 aromatic rings. The maximum Gasteiger partial charge on any atom is 0.120 e. The van der Waals surface area contributed by atoms with E-state index in [1.807, 2.05) is 24.3 Å². The van der Waals surface area contributed by atoms with Crippen LogP contribution in [0.2, 0.25) is 0 Å². The van der Waals surface area contributed by atoms with E-state index < -0.39 is 0 Å². The molecular weight excluding hydrogens is 214 g/mol. The van der Waals surface area contributed by atoms with Crippen LogP contribution in [0.4, 0.5) is 0 Å². The highest BCUT2D eigenvalue weighted by Crippen LogP contribution is 2.13. The second kappa shape index (κ2) is 7.09. The van der Waals surface area contributed by atoms with Gasteiger partial charge in [0.25, 0.3) is 0 Å². The zero-order valence-electron chi connectivity index (χ0n) is 10.6. The van der Waals surface area contributed by atoms with Crippen molar-refractivity contribution in [3.63, 3.8) is 0 Å². The SMILES string of the molecule is C=C(CNC(C)C)COc1cccc(CO)c1. The van der Waals surface area contributed by atoms with Crippen LogP contribution in [-0.4, -0.2) is 24.3 Å². The second-order valence-electron chi connectivity index (χ2n) is 4.38. The molecule has 17 heavy (non-hydrogen) atoms. The standard InChI is InChI=1S/C14H21NO2/c1-11(2)15-8-12(3)10-17-14-6-4-5-13(7-14)9-16/h4-7,11,15-16H,3,8-10H2,1-2H3. The summed E-state index contributed by atoms with van der Waals surface area (Å²) in [5.41, 5.74) is 1.86. The first-order chi connectivity index (χ1) is 8.11. The van der Waals surface area contributed by atoms with Crippen molar-refractivity contribution < 1.29 is 9.84 Å². The number of hydrogen-bond donors (Lipinski definition) is 2. The summed E-state index contributed by atoms with van der Waals surface area (Å²) in [4.78, 5) is 0. The summed E-state index contributed by atoms with van der Waals surface area (Å²) < 4.78 is 5.59. The number of rotatable bonds is 7. The van der Waals surface area contributed by atoms with Gasteiger partial charge in [-0.25, -0.2) is 0 Å². The lowest BCUT2D eigenvalue weighted by Gasteiger charge is -2.12. The van der Waals surface area contributed by atoms with Gasteiger partial charge in [-0.05, 0) is 23.3 Å². The average Bonchev–Trinajstić information content (AvgIpc) is 2.34. The molecule has 3 nitrogen and oxygen atoms in total. The van der Waals surface area contributed by atoms with E-state index in [1.165, 1.54) is 0 Å². The predicted molar refractivity (Wildman–Crippen MR) is 70.1 cm³/mol. The molecule has 3 heteroatoms. The van der Waals surface area contributed by atoms with Crippen LogP contribution in [0.5, 0.6) is 5.75 Å². The van der Waals surface area contributed by atoms with Gasteiger partial charge in [-0.1, -0.05) is 32.6 Å². The Kier molecular flexibility index (Phi) is 5.73. The molecule has 94 valence electrons. The van der Waals surface area contributed by atoms with Crippen molar-refractivity contribution in [2.45, 2.75) is 26.5 Å². The average molecular weight is 235 g/mol. The van der Waals surface area contributed by atoms with E-state index in [9.17, 15) is 0 Å². The molecule has 0 saturated carbocycles. The van der Waals surface area contributed by atoms with Crippen LogP contribution in [0.25, 0.3) is 0 Å². The van der Waals surface area contributed by atoms with Crippen LogP contribution in [0.15, 0.2) is 36.4 Å². The molecule has 0 atom stereocenters. The molecule has 0 aliphatic rings. The Morgan fingerprint density at radius 2 is 2.24 bits per heavy atom. The van der Waals surface area contributed by atoms with Crippen molar-refractivity contribution >= 4 is 0 Å². The van der Waals surface area contributed by atoms with E-state index in [0.29, 0.717) is 12.6 Å². The van der Waals surface area contributed by atoms with Crippen molar-refractivity contribution in [2.75, 3.05) is 13.2 Å². The lowest BCUT2D eigenvalue weighted by atomic mass is 10.2. The Bertz CT molecular complexity index is 361. The summed E-state index contributed by atoms with van der Waals surface area (Å²) in [6, 6.07) is 7.90. The first-order valence-electron chi connectivity index (χ1n) is 5.84. The summed E-state index contributed by atoms with van der Waals surface area (Å²) in [5, 5.41) is 12.3. The number of nitrogens with one attached hydrogen (secondary N) is 1. The summed E-state index contributed by atoms with van der Waals surface area (Å²) in [5.74, 6) is 0.766. The van der Waals surface area contributed by atoms with E-state index in [0.717, 1.165) is 23.4 Å². The molecule has 0 aliphatic heterocycles. The van der Waals surface area contributed by atoms with Crippen molar-refractivity contribution in [1.82, 2.24) is 5.32 Å². The third kappa shape index (κ3) is 5.52. The maximum atomic E-state index is 9.00. The van der Waals surface area contributed by atoms with Crippen molar-refractivity contribution in [3.8, 4) is 5.75 Å². The lowest BCUT2D eigenvalue weighted by Crippen LogP contribution is -2.26. The number of ether oxygens (including phenoxy) is 1. The van der Waals surface area contributed by atoms with E-state index in [4.69, 9.17) is 9.84 Å². The summed E-state index contributed by atoms with van der Waals surface area (Å²) in [6.45, 7) is 9.43. The van der Waals surface area contributed by atoms with E-state index in [1.54, 1.807) is 0 Å². The van der Waals surface area contributed by atoms with E-state index in [-0.39, 0.29) is 6.61 Å². The highest BCUT2D eigenvalue weighted by Gasteiger charge is 1.99. The Hall–Kier alpha value is -1.32. The second-order valence-corrected chi connectivity index (χ2v) is 4.38.